The van der Waals surface area contributed by atoms with E-state index in [-0.39, 0.29) is 5.56 Å². The van der Waals surface area contributed by atoms with Crippen molar-refractivity contribution in [3.63, 3.8) is 0 Å². The van der Waals surface area contributed by atoms with Gasteiger partial charge in [0.1, 0.15) is 5.82 Å². The third-order valence-corrected chi connectivity index (χ3v) is 3.53. The molecule has 0 saturated carbocycles. The zero-order chi connectivity index (χ0) is 16.4. The van der Waals surface area contributed by atoms with E-state index in [9.17, 15) is 23.3 Å². The fraction of sp³-hybridized carbons (Fsp3) is 0.143. The monoisotopic (exact) mass is 375 g/mol. The van der Waals surface area contributed by atoms with Crippen LogP contribution >= 0.6 is 15.9 Å². The van der Waals surface area contributed by atoms with Crippen LogP contribution in [0.1, 0.15) is 11.1 Å². The highest BCUT2D eigenvalue weighted by atomic mass is 79.9. The molecule has 4 nitrogen and oxygen atoms in total. The van der Waals surface area contributed by atoms with E-state index in [1.807, 2.05) is 0 Å². The average Bonchev–Trinajstić information content (AvgIpc) is 2.44. The first kappa shape index (κ1) is 16.3. The molecule has 116 valence electrons. The van der Waals surface area contributed by atoms with Crippen molar-refractivity contribution in [1.82, 2.24) is 0 Å². The van der Waals surface area contributed by atoms with Crippen LogP contribution in [0.15, 0.2) is 28.7 Å². The fourth-order valence-corrected chi connectivity index (χ4v) is 2.34. The molecule has 0 heterocycles. The maximum absolute atomic E-state index is 14.2. The highest BCUT2D eigenvalue weighted by molar-refractivity contribution is 9.10. The number of methoxy groups -OCH3 is 1. The van der Waals surface area contributed by atoms with Crippen LogP contribution in [0.5, 0.6) is 5.75 Å². The van der Waals surface area contributed by atoms with Crippen molar-refractivity contribution in [1.29, 1.82) is 0 Å². The summed E-state index contributed by atoms with van der Waals surface area (Å²) in [5.41, 5.74) is -1.60. The third kappa shape index (κ3) is 3.06. The van der Waals surface area contributed by atoms with Crippen LogP contribution in [0.4, 0.5) is 18.9 Å². The predicted octanol–water partition coefficient (Wildman–Crippen LogP) is 4.37. The number of hydrogen-bond acceptors (Lipinski definition) is 3. The van der Waals surface area contributed by atoms with Crippen LogP contribution in [0, 0.1) is 27.6 Å². The van der Waals surface area contributed by atoms with E-state index in [0.717, 1.165) is 13.2 Å². The minimum atomic E-state index is -1.24. The molecule has 0 radical (unpaired) electrons. The van der Waals surface area contributed by atoms with Crippen molar-refractivity contribution in [3.05, 3.63) is 67.4 Å². The summed E-state index contributed by atoms with van der Waals surface area (Å²) < 4.78 is 47.0. The molecule has 2 aromatic carbocycles. The molecule has 0 spiro atoms. The van der Waals surface area contributed by atoms with Crippen molar-refractivity contribution in [2.45, 2.75) is 6.42 Å². The number of rotatable bonds is 4. The van der Waals surface area contributed by atoms with E-state index in [4.69, 9.17) is 0 Å². The van der Waals surface area contributed by atoms with E-state index >= 15 is 0 Å². The Morgan fingerprint density at radius 3 is 2.45 bits per heavy atom. The summed E-state index contributed by atoms with van der Waals surface area (Å²) in [6.45, 7) is 0. The number of halogens is 4. The second-order valence-electron chi connectivity index (χ2n) is 4.37. The Hall–Kier alpha value is -2.09. The second kappa shape index (κ2) is 6.35. The van der Waals surface area contributed by atoms with Crippen LogP contribution in [-0.2, 0) is 6.42 Å². The van der Waals surface area contributed by atoms with Gasteiger partial charge >= 0.3 is 5.69 Å². The molecule has 22 heavy (non-hydrogen) atoms. The van der Waals surface area contributed by atoms with Crippen molar-refractivity contribution in [2.75, 3.05) is 7.11 Å². The summed E-state index contributed by atoms with van der Waals surface area (Å²) in [4.78, 5) is 9.94. The van der Waals surface area contributed by atoms with Gasteiger partial charge in [-0.05, 0) is 17.7 Å². The van der Waals surface area contributed by atoms with Gasteiger partial charge in [0, 0.05) is 17.0 Å². The Balaban J connectivity index is 2.62. The summed E-state index contributed by atoms with van der Waals surface area (Å²) >= 11 is 3.07. The minimum Gasteiger partial charge on any atom is -0.494 e. The number of ether oxygens (including phenoxy) is 1. The first-order valence-electron chi connectivity index (χ1n) is 5.98. The molecule has 0 aromatic heterocycles. The maximum atomic E-state index is 14.2. The summed E-state index contributed by atoms with van der Waals surface area (Å²) in [5, 5.41) is 11.0. The molecule has 0 unspecified atom stereocenters. The van der Waals surface area contributed by atoms with E-state index in [1.54, 1.807) is 0 Å². The topological polar surface area (TPSA) is 52.4 Å². The van der Waals surface area contributed by atoms with Gasteiger partial charge in [-0.3, -0.25) is 10.1 Å². The Morgan fingerprint density at radius 2 is 1.91 bits per heavy atom. The quantitative estimate of drug-likeness (QED) is 0.588. The van der Waals surface area contributed by atoms with Crippen molar-refractivity contribution < 1.29 is 22.8 Å². The van der Waals surface area contributed by atoms with E-state index < -0.39 is 45.8 Å². The summed E-state index contributed by atoms with van der Waals surface area (Å²) in [7, 11) is 1.10. The average molecular weight is 376 g/mol. The molecule has 8 heteroatoms. The largest absolute Gasteiger partial charge is 0.494 e. The molecule has 2 rings (SSSR count). The summed E-state index contributed by atoms with van der Waals surface area (Å²) in [5.74, 6) is -3.49. The fourth-order valence-electron chi connectivity index (χ4n) is 2.01. The lowest BCUT2D eigenvalue weighted by Gasteiger charge is -2.10. The smallest absolute Gasteiger partial charge is 0.311 e. The Labute approximate surface area is 131 Å². The normalized spacial score (nSPS) is 10.6. The predicted molar refractivity (Wildman–Crippen MR) is 76.5 cm³/mol. The van der Waals surface area contributed by atoms with Crippen molar-refractivity contribution in [3.8, 4) is 5.75 Å². The third-order valence-electron chi connectivity index (χ3n) is 3.04. The van der Waals surface area contributed by atoms with Crippen molar-refractivity contribution in [2.24, 2.45) is 0 Å². The molecule has 0 aliphatic heterocycles. The SMILES string of the molecule is COc1cc(F)c([N+](=O)[O-])c(Cc2ccc(Br)cc2F)c1F. The van der Waals surface area contributed by atoms with Crippen LogP contribution in [-0.4, -0.2) is 12.0 Å². The molecule has 2 aromatic rings. The number of nitrogens with zero attached hydrogens (tertiary/aromatic N) is 1. The van der Waals surface area contributed by atoms with Gasteiger partial charge < -0.3 is 4.74 Å². The van der Waals surface area contributed by atoms with Gasteiger partial charge in [-0.1, -0.05) is 22.0 Å². The molecule has 0 N–H and O–H groups in total. The van der Waals surface area contributed by atoms with E-state index in [1.165, 1.54) is 12.1 Å². The van der Waals surface area contributed by atoms with Crippen LogP contribution in [0.25, 0.3) is 0 Å². The van der Waals surface area contributed by atoms with Gasteiger partial charge in [0.15, 0.2) is 11.6 Å². The molecular weight excluding hydrogens is 367 g/mol. The molecule has 0 fully saturated rings. The first-order chi connectivity index (χ1) is 10.3. The lowest BCUT2D eigenvalue weighted by molar-refractivity contribution is -0.388. The number of hydrogen-bond donors (Lipinski definition) is 0. The van der Waals surface area contributed by atoms with Gasteiger partial charge in [0.25, 0.3) is 0 Å². The van der Waals surface area contributed by atoms with Gasteiger partial charge in [-0.2, -0.15) is 4.39 Å². The van der Waals surface area contributed by atoms with E-state index in [2.05, 4.69) is 20.7 Å². The zero-order valence-corrected chi connectivity index (χ0v) is 12.8. The molecule has 0 amide bonds. The molecule has 0 saturated heterocycles. The van der Waals surface area contributed by atoms with E-state index in [0.29, 0.717) is 10.5 Å². The standard InChI is InChI=1S/C14H9BrF3NO3/c1-22-12-6-11(17)14(19(20)21)9(13(12)18)4-7-2-3-8(15)5-10(7)16/h2-3,5-6H,4H2,1H3. The van der Waals surface area contributed by atoms with Gasteiger partial charge in [-0.15, -0.1) is 0 Å². The molecule has 0 aliphatic carbocycles. The number of benzene rings is 2. The minimum absolute atomic E-state index is 0.00199. The van der Waals surface area contributed by atoms with Crippen LogP contribution < -0.4 is 4.74 Å². The second-order valence-corrected chi connectivity index (χ2v) is 5.29. The number of nitro groups is 1. The van der Waals surface area contributed by atoms with Gasteiger partial charge in [0.2, 0.25) is 5.82 Å². The molecule has 0 atom stereocenters. The Bertz CT molecular complexity index is 753. The number of nitro benzene ring substituents is 1. The first-order valence-corrected chi connectivity index (χ1v) is 6.77. The molecule has 0 bridgehead atoms. The summed E-state index contributed by atoms with van der Waals surface area (Å²) in [6, 6.07) is 4.56. The molecule has 0 aliphatic rings. The van der Waals surface area contributed by atoms with Crippen LogP contribution in [0.2, 0.25) is 0 Å². The van der Waals surface area contributed by atoms with Gasteiger partial charge in [-0.25, -0.2) is 8.78 Å². The summed E-state index contributed by atoms with van der Waals surface area (Å²) in [6.07, 6.45) is -0.477. The maximum Gasteiger partial charge on any atom is 0.311 e. The lowest BCUT2D eigenvalue weighted by Crippen LogP contribution is -2.06. The highest BCUT2D eigenvalue weighted by Gasteiger charge is 2.28. The highest BCUT2D eigenvalue weighted by Crippen LogP contribution is 2.34. The van der Waals surface area contributed by atoms with Crippen LogP contribution in [0.3, 0.4) is 0 Å². The zero-order valence-electron chi connectivity index (χ0n) is 11.2. The van der Waals surface area contributed by atoms with Gasteiger partial charge in [0.05, 0.1) is 17.6 Å². The Morgan fingerprint density at radius 1 is 1.23 bits per heavy atom. The van der Waals surface area contributed by atoms with Crippen molar-refractivity contribution >= 4 is 21.6 Å². The Kier molecular flexibility index (Phi) is 4.70. The lowest BCUT2D eigenvalue weighted by atomic mass is 10.0. The molecular formula is C14H9BrF3NO3.